The average molecular weight is 485 g/mol. The number of carbonyl (C=O) groups excluding carboxylic acids is 2. The third kappa shape index (κ3) is 6.84. The molecule has 2 rings (SSSR count). The van der Waals surface area contributed by atoms with Crippen LogP contribution in [0.4, 0.5) is 0 Å². The van der Waals surface area contributed by atoms with E-state index in [0.29, 0.717) is 22.8 Å². The van der Waals surface area contributed by atoms with Crippen molar-refractivity contribution in [2.24, 2.45) is 5.92 Å². The lowest BCUT2D eigenvalue weighted by Crippen LogP contribution is -2.46. The SMILES string of the molecule is COc1cc2c(cc1[C@@H](O[Si](C)(C)C(C)(C)C)[C@@H](COC(C)=O)[C@H](O)COC(C)=O)OCO2. The number of esters is 2. The van der Waals surface area contributed by atoms with Gasteiger partial charge < -0.3 is 33.2 Å². The fraction of sp³-hybridized carbons (Fsp3) is 0.652. The second kappa shape index (κ2) is 10.7. The highest BCUT2D eigenvalue weighted by Crippen LogP contribution is 2.47. The standard InChI is InChI=1S/C23H36O9Si/c1-14(24)28-11-17(18(26)12-29-15(2)25)22(32-33(7,8)23(3,4)5)16-9-20-21(31-13-30-20)10-19(16)27-6/h9-10,17-18,22,26H,11-13H2,1-8H3/t17-,18+,22+/m0/s1. The molecule has 0 aliphatic carbocycles. The van der Waals surface area contributed by atoms with Gasteiger partial charge in [0.2, 0.25) is 6.79 Å². The van der Waals surface area contributed by atoms with E-state index in [2.05, 4.69) is 33.9 Å². The highest BCUT2D eigenvalue weighted by atomic mass is 28.4. The van der Waals surface area contributed by atoms with Gasteiger partial charge in [-0.2, -0.15) is 0 Å². The summed E-state index contributed by atoms with van der Waals surface area (Å²) in [5.41, 5.74) is 0.616. The van der Waals surface area contributed by atoms with E-state index >= 15 is 0 Å². The van der Waals surface area contributed by atoms with Crippen molar-refractivity contribution in [1.29, 1.82) is 0 Å². The summed E-state index contributed by atoms with van der Waals surface area (Å²) >= 11 is 0. The van der Waals surface area contributed by atoms with Crippen molar-refractivity contribution in [1.82, 2.24) is 0 Å². The molecule has 3 atom stereocenters. The predicted molar refractivity (Wildman–Crippen MR) is 123 cm³/mol. The van der Waals surface area contributed by atoms with E-state index < -0.39 is 38.4 Å². The molecule has 33 heavy (non-hydrogen) atoms. The molecule has 0 amide bonds. The first-order valence-corrected chi connectivity index (χ1v) is 13.8. The van der Waals surface area contributed by atoms with Gasteiger partial charge in [0.25, 0.3) is 0 Å². The van der Waals surface area contributed by atoms with Crippen LogP contribution in [0.3, 0.4) is 0 Å². The Balaban J connectivity index is 2.59. The molecule has 0 saturated heterocycles. The Labute approximate surface area is 196 Å². The molecule has 0 fully saturated rings. The van der Waals surface area contributed by atoms with Crippen molar-refractivity contribution >= 4 is 20.3 Å². The summed E-state index contributed by atoms with van der Waals surface area (Å²) in [5.74, 6) is -0.229. The zero-order chi connectivity index (χ0) is 25.0. The van der Waals surface area contributed by atoms with Gasteiger partial charge in [-0.25, -0.2) is 0 Å². The number of carbonyl (C=O) groups is 2. The van der Waals surface area contributed by atoms with Gasteiger partial charge in [-0.15, -0.1) is 0 Å². The lowest BCUT2D eigenvalue weighted by atomic mass is 9.90. The second-order valence-electron chi connectivity index (χ2n) is 9.58. The molecule has 186 valence electrons. The van der Waals surface area contributed by atoms with E-state index in [4.69, 9.17) is 28.1 Å². The first-order chi connectivity index (χ1) is 15.3. The van der Waals surface area contributed by atoms with Crippen molar-refractivity contribution in [3.63, 3.8) is 0 Å². The Morgan fingerprint density at radius 1 is 1.06 bits per heavy atom. The molecular weight excluding hydrogens is 448 g/mol. The predicted octanol–water partition coefficient (Wildman–Crippen LogP) is 3.59. The molecule has 0 unspecified atom stereocenters. The van der Waals surface area contributed by atoms with Crippen LogP contribution >= 0.6 is 0 Å². The minimum atomic E-state index is -2.41. The maximum atomic E-state index is 11.6. The van der Waals surface area contributed by atoms with Gasteiger partial charge in [0, 0.05) is 25.5 Å². The summed E-state index contributed by atoms with van der Waals surface area (Å²) in [4.78, 5) is 23.0. The smallest absolute Gasteiger partial charge is 0.302 e. The molecule has 1 N–H and O–H groups in total. The first kappa shape index (κ1) is 26.9. The number of hydrogen-bond acceptors (Lipinski definition) is 9. The summed E-state index contributed by atoms with van der Waals surface area (Å²) in [6.07, 6.45) is -1.92. The molecule has 0 radical (unpaired) electrons. The van der Waals surface area contributed by atoms with Crippen LogP contribution in [-0.4, -0.2) is 58.6 Å². The molecule has 1 aromatic rings. The lowest BCUT2D eigenvalue weighted by molar-refractivity contribution is -0.152. The number of ether oxygens (including phenoxy) is 5. The van der Waals surface area contributed by atoms with E-state index in [9.17, 15) is 14.7 Å². The lowest BCUT2D eigenvalue weighted by Gasteiger charge is -2.42. The Bertz CT molecular complexity index is 847. The Morgan fingerprint density at radius 3 is 2.12 bits per heavy atom. The molecule has 1 aromatic carbocycles. The van der Waals surface area contributed by atoms with Crippen LogP contribution in [0.15, 0.2) is 12.1 Å². The normalized spacial score (nSPS) is 16.0. The van der Waals surface area contributed by atoms with Crippen molar-refractivity contribution in [3.8, 4) is 17.2 Å². The number of fused-ring (bicyclic) bond motifs is 1. The monoisotopic (exact) mass is 484 g/mol. The van der Waals surface area contributed by atoms with E-state index in [1.54, 1.807) is 12.1 Å². The Hall–Kier alpha value is -2.30. The molecule has 0 spiro atoms. The summed E-state index contributed by atoms with van der Waals surface area (Å²) < 4.78 is 33.8. The number of methoxy groups -OCH3 is 1. The van der Waals surface area contributed by atoms with E-state index in [1.807, 2.05) is 0 Å². The van der Waals surface area contributed by atoms with Crippen LogP contribution in [-0.2, 0) is 23.5 Å². The molecular formula is C23H36O9Si. The largest absolute Gasteiger partial charge is 0.496 e. The average Bonchev–Trinajstić information content (AvgIpc) is 3.16. The summed E-state index contributed by atoms with van der Waals surface area (Å²) in [6.45, 7) is 12.7. The van der Waals surface area contributed by atoms with E-state index in [0.717, 1.165) is 0 Å². The molecule has 9 nitrogen and oxygen atoms in total. The van der Waals surface area contributed by atoms with Crippen molar-refractivity contribution in [2.45, 2.75) is 65.0 Å². The second-order valence-corrected chi connectivity index (χ2v) is 14.3. The van der Waals surface area contributed by atoms with Gasteiger partial charge >= 0.3 is 11.9 Å². The highest BCUT2D eigenvalue weighted by molar-refractivity contribution is 6.74. The number of aliphatic hydroxyl groups excluding tert-OH is 1. The molecule has 1 heterocycles. The van der Waals surface area contributed by atoms with Crippen molar-refractivity contribution in [2.75, 3.05) is 27.1 Å². The van der Waals surface area contributed by atoms with Gasteiger partial charge in [0.15, 0.2) is 19.8 Å². The van der Waals surface area contributed by atoms with E-state index in [-0.39, 0.29) is 25.0 Å². The van der Waals surface area contributed by atoms with Gasteiger partial charge in [-0.1, -0.05) is 20.8 Å². The van der Waals surface area contributed by atoms with Gasteiger partial charge in [0.05, 0.1) is 31.8 Å². The zero-order valence-corrected chi connectivity index (χ0v) is 21.7. The molecule has 1 aliphatic heterocycles. The highest BCUT2D eigenvalue weighted by Gasteiger charge is 2.44. The molecule has 0 bridgehead atoms. The third-order valence-electron chi connectivity index (χ3n) is 6.08. The van der Waals surface area contributed by atoms with Crippen LogP contribution in [0.2, 0.25) is 18.1 Å². The van der Waals surface area contributed by atoms with Crippen LogP contribution in [0.25, 0.3) is 0 Å². The van der Waals surface area contributed by atoms with Gasteiger partial charge in [-0.3, -0.25) is 9.59 Å². The topological polar surface area (TPSA) is 110 Å². The van der Waals surface area contributed by atoms with Crippen LogP contribution in [0.5, 0.6) is 17.2 Å². The molecule has 10 heteroatoms. The van der Waals surface area contributed by atoms with E-state index in [1.165, 1.54) is 21.0 Å². The quantitative estimate of drug-likeness (QED) is 0.393. The Kier molecular flexibility index (Phi) is 8.78. The fourth-order valence-corrected chi connectivity index (χ4v) is 4.44. The minimum absolute atomic E-state index is 0.0850. The first-order valence-electron chi connectivity index (χ1n) is 10.9. The number of aliphatic hydroxyl groups is 1. The molecule has 0 aromatic heterocycles. The van der Waals surface area contributed by atoms with Gasteiger partial charge in [0.1, 0.15) is 12.4 Å². The Morgan fingerprint density at radius 2 is 1.61 bits per heavy atom. The number of benzene rings is 1. The summed E-state index contributed by atoms with van der Waals surface area (Å²) in [5, 5.41) is 10.9. The third-order valence-corrected chi connectivity index (χ3v) is 10.5. The minimum Gasteiger partial charge on any atom is -0.496 e. The van der Waals surface area contributed by atoms with Crippen molar-refractivity contribution in [3.05, 3.63) is 17.7 Å². The summed E-state index contributed by atoms with van der Waals surface area (Å²) in [7, 11) is -0.880. The zero-order valence-electron chi connectivity index (χ0n) is 20.7. The molecule has 0 saturated carbocycles. The maximum absolute atomic E-state index is 11.6. The van der Waals surface area contributed by atoms with Crippen molar-refractivity contribution < 1.29 is 42.8 Å². The molecule has 1 aliphatic rings. The van der Waals surface area contributed by atoms with Crippen LogP contribution in [0, 0.1) is 5.92 Å². The number of rotatable bonds is 10. The van der Waals surface area contributed by atoms with Gasteiger partial charge in [-0.05, 0) is 24.2 Å². The fourth-order valence-electron chi connectivity index (χ4n) is 3.15. The van der Waals surface area contributed by atoms with Crippen LogP contribution < -0.4 is 14.2 Å². The summed E-state index contributed by atoms with van der Waals surface area (Å²) in [6, 6.07) is 3.47. The van der Waals surface area contributed by atoms with Crippen LogP contribution in [0.1, 0.15) is 46.3 Å². The maximum Gasteiger partial charge on any atom is 0.302 e. The number of hydrogen-bond donors (Lipinski definition) is 1.